The number of nitrogens with zero attached hydrogens (tertiary/aromatic N) is 2. The number of carbonyl (C=O) groups is 1. The van der Waals surface area contributed by atoms with Crippen LogP contribution in [-0.4, -0.2) is 67.1 Å². The fourth-order valence-corrected chi connectivity index (χ4v) is 2.31. The Balaban J connectivity index is 1.75. The van der Waals surface area contributed by atoms with E-state index in [2.05, 4.69) is 22.0 Å². The summed E-state index contributed by atoms with van der Waals surface area (Å²) in [6.07, 6.45) is 2.38. The van der Waals surface area contributed by atoms with Crippen molar-refractivity contribution < 1.29 is 4.79 Å². The Labute approximate surface area is 103 Å². The lowest BCUT2D eigenvalue weighted by atomic mass is 10.2. The predicted octanol–water partition coefficient (Wildman–Crippen LogP) is -0.770. The molecule has 0 aromatic carbocycles. The first-order chi connectivity index (χ1) is 8.19. The topological polar surface area (TPSA) is 61.6 Å². The van der Waals surface area contributed by atoms with Crippen LogP contribution < -0.4 is 11.1 Å². The summed E-state index contributed by atoms with van der Waals surface area (Å²) in [7, 11) is 0. The highest BCUT2D eigenvalue weighted by molar-refractivity contribution is 5.80. The van der Waals surface area contributed by atoms with Gasteiger partial charge in [0.05, 0.1) is 6.04 Å². The lowest BCUT2D eigenvalue weighted by Gasteiger charge is -2.35. The maximum Gasteiger partial charge on any atom is 0.235 e. The number of nitrogens with two attached hydrogens (primary N) is 1. The van der Waals surface area contributed by atoms with Crippen LogP contribution in [0.5, 0.6) is 0 Å². The zero-order chi connectivity index (χ0) is 12.3. The van der Waals surface area contributed by atoms with Gasteiger partial charge in [-0.3, -0.25) is 9.69 Å². The van der Waals surface area contributed by atoms with E-state index in [1.807, 2.05) is 0 Å². The Morgan fingerprint density at radius 1 is 1.29 bits per heavy atom. The monoisotopic (exact) mass is 240 g/mol. The molecule has 1 heterocycles. The number of hydrogen-bond acceptors (Lipinski definition) is 4. The average molecular weight is 240 g/mol. The van der Waals surface area contributed by atoms with Gasteiger partial charge in [-0.15, -0.1) is 0 Å². The number of primary amides is 1. The maximum absolute atomic E-state index is 11.4. The molecule has 1 saturated heterocycles. The molecular weight excluding hydrogens is 216 g/mol. The third-order valence-corrected chi connectivity index (χ3v) is 3.71. The number of rotatable bonds is 6. The highest BCUT2D eigenvalue weighted by atomic mass is 16.1. The molecule has 1 aliphatic heterocycles. The first-order valence-electron chi connectivity index (χ1n) is 6.69. The molecule has 1 amide bonds. The lowest BCUT2D eigenvalue weighted by Crippen LogP contribution is -2.54. The van der Waals surface area contributed by atoms with E-state index in [-0.39, 0.29) is 11.9 Å². The second-order valence-corrected chi connectivity index (χ2v) is 5.13. The van der Waals surface area contributed by atoms with E-state index < -0.39 is 0 Å². The summed E-state index contributed by atoms with van der Waals surface area (Å²) in [6.45, 7) is 8.37. The minimum atomic E-state index is -0.213. The SMILES string of the molecule is CCN1CCN(CC(NC2CC2)C(N)=O)CC1. The largest absolute Gasteiger partial charge is 0.368 e. The third-order valence-electron chi connectivity index (χ3n) is 3.71. The van der Waals surface area contributed by atoms with E-state index in [0.29, 0.717) is 6.04 Å². The number of amides is 1. The average Bonchev–Trinajstić information content (AvgIpc) is 3.13. The van der Waals surface area contributed by atoms with Crippen LogP contribution in [0.15, 0.2) is 0 Å². The van der Waals surface area contributed by atoms with E-state index in [9.17, 15) is 4.79 Å². The molecule has 0 radical (unpaired) electrons. The molecular formula is C12H24N4O. The van der Waals surface area contributed by atoms with Gasteiger partial charge in [-0.1, -0.05) is 6.92 Å². The number of hydrogen-bond donors (Lipinski definition) is 2. The van der Waals surface area contributed by atoms with Crippen molar-refractivity contribution in [2.45, 2.75) is 31.8 Å². The van der Waals surface area contributed by atoms with Crippen molar-refractivity contribution in [3.8, 4) is 0 Å². The van der Waals surface area contributed by atoms with Crippen molar-refractivity contribution >= 4 is 5.91 Å². The van der Waals surface area contributed by atoms with Crippen molar-refractivity contribution in [1.82, 2.24) is 15.1 Å². The van der Waals surface area contributed by atoms with Crippen molar-refractivity contribution in [2.75, 3.05) is 39.3 Å². The maximum atomic E-state index is 11.4. The molecule has 1 atom stereocenters. The predicted molar refractivity (Wildman–Crippen MR) is 67.7 cm³/mol. The third kappa shape index (κ3) is 3.94. The van der Waals surface area contributed by atoms with Crippen molar-refractivity contribution in [1.29, 1.82) is 0 Å². The normalized spacial score (nSPS) is 24.8. The van der Waals surface area contributed by atoms with Gasteiger partial charge in [0.25, 0.3) is 0 Å². The second-order valence-electron chi connectivity index (χ2n) is 5.13. The molecule has 5 nitrogen and oxygen atoms in total. The van der Waals surface area contributed by atoms with E-state index >= 15 is 0 Å². The van der Waals surface area contributed by atoms with Gasteiger partial charge in [0.15, 0.2) is 0 Å². The highest BCUT2D eigenvalue weighted by Gasteiger charge is 2.29. The standard InChI is InChI=1S/C12H24N4O/c1-2-15-5-7-16(8-6-15)9-11(12(13)17)14-10-3-4-10/h10-11,14H,2-9H2,1H3,(H2,13,17). The molecule has 2 fully saturated rings. The van der Waals surface area contributed by atoms with Crippen LogP contribution >= 0.6 is 0 Å². The summed E-state index contributed by atoms with van der Waals surface area (Å²) in [5.41, 5.74) is 5.44. The minimum Gasteiger partial charge on any atom is -0.368 e. The van der Waals surface area contributed by atoms with E-state index in [1.165, 1.54) is 12.8 Å². The number of nitrogens with one attached hydrogen (secondary N) is 1. The summed E-state index contributed by atoms with van der Waals surface area (Å²) in [6, 6.07) is 0.361. The first kappa shape index (κ1) is 12.8. The molecule has 1 aliphatic carbocycles. The van der Waals surface area contributed by atoms with Gasteiger partial charge in [0.1, 0.15) is 0 Å². The molecule has 98 valence electrons. The minimum absolute atomic E-state index is 0.171. The molecule has 0 spiro atoms. The Bertz CT molecular complexity index is 259. The molecule has 5 heteroatoms. The van der Waals surface area contributed by atoms with Gasteiger partial charge >= 0.3 is 0 Å². The summed E-state index contributed by atoms with van der Waals surface area (Å²) >= 11 is 0. The van der Waals surface area contributed by atoms with E-state index in [4.69, 9.17) is 5.73 Å². The molecule has 1 saturated carbocycles. The highest BCUT2D eigenvalue weighted by Crippen LogP contribution is 2.19. The number of likely N-dealkylation sites (N-methyl/N-ethyl adjacent to an activating group) is 1. The van der Waals surface area contributed by atoms with Gasteiger partial charge in [-0.05, 0) is 19.4 Å². The molecule has 0 aromatic heterocycles. The summed E-state index contributed by atoms with van der Waals surface area (Å²) in [5.74, 6) is -0.213. The first-order valence-corrected chi connectivity index (χ1v) is 6.69. The van der Waals surface area contributed by atoms with Gasteiger partial charge < -0.3 is 16.0 Å². The number of carbonyl (C=O) groups excluding carboxylic acids is 1. The Hall–Kier alpha value is -0.650. The van der Waals surface area contributed by atoms with Gasteiger partial charge in [0.2, 0.25) is 5.91 Å². The summed E-state index contributed by atoms with van der Waals surface area (Å²) < 4.78 is 0. The van der Waals surface area contributed by atoms with Crippen LogP contribution in [0.1, 0.15) is 19.8 Å². The molecule has 17 heavy (non-hydrogen) atoms. The summed E-state index contributed by atoms with van der Waals surface area (Å²) in [5, 5.41) is 3.33. The zero-order valence-electron chi connectivity index (χ0n) is 10.7. The molecule has 2 aliphatic rings. The van der Waals surface area contributed by atoms with Crippen LogP contribution in [-0.2, 0) is 4.79 Å². The smallest absolute Gasteiger partial charge is 0.235 e. The van der Waals surface area contributed by atoms with Crippen molar-refractivity contribution in [3.05, 3.63) is 0 Å². The summed E-state index contributed by atoms with van der Waals surface area (Å²) in [4.78, 5) is 16.2. The molecule has 2 rings (SSSR count). The molecule has 0 bridgehead atoms. The zero-order valence-corrected chi connectivity index (χ0v) is 10.7. The lowest BCUT2D eigenvalue weighted by molar-refractivity contribution is -0.120. The van der Waals surface area contributed by atoms with Gasteiger partial charge in [0, 0.05) is 38.8 Å². The van der Waals surface area contributed by atoms with Crippen LogP contribution in [0.4, 0.5) is 0 Å². The molecule has 1 unspecified atom stereocenters. The van der Waals surface area contributed by atoms with Crippen molar-refractivity contribution in [3.63, 3.8) is 0 Å². The van der Waals surface area contributed by atoms with Gasteiger partial charge in [-0.2, -0.15) is 0 Å². The Kier molecular flexibility index (Phi) is 4.36. The van der Waals surface area contributed by atoms with Crippen molar-refractivity contribution in [2.24, 2.45) is 5.73 Å². The quantitative estimate of drug-likeness (QED) is 0.640. The Morgan fingerprint density at radius 2 is 1.88 bits per heavy atom. The van der Waals surface area contributed by atoms with E-state index in [0.717, 1.165) is 39.3 Å². The van der Waals surface area contributed by atoms with Gasteiger partial charge in [-0.25, -0.2) is 0 Å². The Morgan fingerprint density at radius 3 is 2.35 bits per heavy atom. The van der Waals surface area contributed by atoms with Crippen LogP contribution in [0.25, 0.3) is 0 Å². The molecule has 0 aromatic rings. The fourth-order valence-electron chi connectivity index (χ4n) is 2.31. The van der Waals surface area contributed by atoms with E-state index in [1.54, 1.807) is 0 Å². The van der Waals surface area contributed by atoms with Crippen LogP contribution in [0.2, 0.25) is 0 Å². The molecule has 3 N–H and O–H groups in total. The van der Waals surface area contributed by atoms with Crippen LogP contribution in [0, 0.1) is 0 Å². The second kappa shape index (κ2) is 5.80. The fraction of sp³-hybridized carbons (Fsp3) is 0.917. The van der Waals surface area contributed by atoms with Crippen LogP contribution in [0.3, 0.4) is 0 Å². The number of piperazine rings is 1.